The number of carboxylic acids is 1. The number of Topliss-reactive ketones (excluding diaryl/α,β-unsaturated/α-hetero) is 1. The number of carbonyl (C=O) groups excluding carboxylic acids is 3. The van der Waals surface area contributed by atoms with Gasteiger partial charge in [0.15, 0.2) is 6.61 Å². The first-order valence-corrected chi connectivity index (χ1v) is 15.1. The fourth-order valence-electron chi connectivity index (χ4n) is 8.68. The zero-order chi connectivity index (χ0) is 29.2. The molecule has 0 saturated heterocycles. The number of hydrogen-bond acceptors (Lipinski definition) is 6. The van der Waals surface area contributed by atoms with Gasteiger partial charge in [-0.1, -0.05) is 37.9 Å². The third kappa shape index (κ3) is 5.84. The summed E-state index contributed by atoms with van der Waals surface area (Å²) in [5.41, 5.74) is 2.57. The highest BCUT2D eigenvalue weighted by atomic mass is 16.6. The van der Waals surface area contributed by atoms with Gasteiger partial charge in [0.25, 0.3) is 5.91 Å². The van der Waals surface area contributed by atoms with E-state index in [9.17, 15) is 24.3 Å². The second-order valence-electron chi connectivity index (χ2n) is 13.1. The molecule has 3 fully saturated rings. The monoisotopic (exact) mass is 557 g/mol. The summed E-state index contributed by atoms with van der Waals surface area (Å²) in [6.07, 6.45) is 11.6. The summed E-state index contributed by atoms with van der Waals surface area (Å²) in [5.74, 6) is 0.407. The molecule has 9 heteroatoms. The summed E-state index contributed by atoms with van der Waals surface area (Å²) >= 11 is 0. The van der Waals surface area contributed by atoms with Crippen molar-refractivity contribution < 1.29 is 29.1 Å². The molecule has 0 aromatic rings. The second kappa shape index (κ2) is 12.0. The van der Waals surface area contributed by atoms with Gasteiger partial charge in [-0.05, 0) is 106 Å². The van der Waals surface area contributed by atoms with E-state index in [2.05, 4.69) is 35.7 Å². The van der Waals surface area contributed by atoms with E-state index in [4.69, 9.17) is 4.84 Å². The van der Waals surface area contributed by atoms with Crippen molar-refractivity contribution in [3.63, 3.8) is 0 Å². The molecule has 0 heterocycles. The number of rotatable bonds is 10. The highest BCUT2D eigenvalue weighted by Crippen LogP contribution is 2.66. The van der Waals surface area contributed by atoms with Gasteiger partial charge < -0.3 is 20.6 Å². The molecule has 0 aromatic heterocycles. The van der Waals surface area contributed by atoms with Crippen LogP contribution in [-0.4, -0.2) is 53.1 Å². The molecule has 0 aliphatic heterocycles. The lowest BCUT2D eigenvalue weighted by atomic mass is 9.46. The van der Waals surface area contributed by atoms with Crippen molar-refractivity contribution in [1.29, 1.82) is 0 Å². The van der Waals surface area contributed by atoms with E-state index in [1.165, 1.54) is 25.3 Å². The van der Waals surface area contributed by atoms with Crippen LogP contribution in [0.5, 0.6) is 0 Å². The van der Waals surface area contributed by atoms with Crippen molar-refractivity contribution in [2.45, 2.75) is 111 Å². The maximum atomic E-state index is 12.4. The van der Waals surface area contributed by atoms with Crippen LogP contribution in [0, 0.1) is 34.5 Å². The molecule has 0 spiro atoms. The molecular weight excluding hydrogens is 510 g/mol. The van der Waals surface area contributed by atoms with E-state index in [1.807, 2.05) is 6.92 Å². The molecule has 0 aromatic carbocycles. The Morgan fingerprint density at radius 3 is 2.50 bits per heavy atom. The fraction of sp³-hybridized carbons (Fsp3) is 0.774. The number of aliphatic carboxylic acids is 1. The Morgan fingerprint density at radius 1 is 1.07 bits per heavy atom. The van der Waals surface area contributed by atoms with Gasteiger partial charge in [-0.25, -0.2) is 4.79 Å². The first-order chi connectivity index (χ1) is 18.9. The smallest absolute Gasteiger partial charge is 0.326 e. The molecule has 8 atom stereocenters. The lowest BCUT2D eigenvalue weighted by molar-refractivity contribution is -0.142. The van der Waals surface area contributed by atoms with Crippen molar-refractivity contribution in [1.82, 2.24) is 10.6 Å². The number of oxime groups is 1. The number of allylic oxidation sites excluding steroid dienone is 2. The van der Waals surface area contributed by atoms with Crippen molar-refractivity contribution in [3.8, 4) is 0 Å². The summed E-state index contributed by atoms with van der Waals surface area (Å²) in [6, 6.07) is -1.87. The molecule has 0 bridgehead atoms. The van der Waals surface area contributed by atoms with Gasteiger partial charge >= 0.3 is 5.97 Å². The average molecular weight is 558 g/mol. The van der Waals surface area contributed by atoms with Gasteiger partial charge in [0, 0.05) is 5.92 Å². The molecule has 3 N–H and O–H groups in total. The van der Waals surface area contributed by atoms with Crippen LogP contribution in [0.15, 0.2) is 16.8 Å². The van der Waals surface area contributed by atoms with Gasteiger partial charge in [-0.2, -0.15) is 0 Å². The van der Waals surface area contributed by atoms with E-state index in [0.717, 1.165) is 44.2 Å². The first-order valence-electron chi connectivity index (χ1n) is 15.1. The summed E-state index contributed by atoms with van der Waals surface area (Å²) in [6.45, 7) is 9.61. The molecule has 222 valence electrons. The number of nitrogens with one attached hydrogen (secondary N) is 2. The van der Waals surface area contributed by atoms with Gasteiger partial charge in [0.05, 0.1) is 5.71 Å². The van der Waals surface area contributed by atoms with Crippen LogP contribution >= 0.6 is 0 Å². The lowest BCUT2D eigenvalue weighted by Crippen LogP contribution is -2.51. The standard InChI is InChI=1S/C31H47N3O6/c1-6-7-26(29(38)39)33-28(37)18(2)32-27(36)17-40-34-21-12-14-30(4)20(16-21)8-9-22-24-11-10-23(19(3)35)31(24,5)15-13-25(22)30/h16,18,22-26H,6-15,17H2,1-5H3,(H,32,36)(H,33,37)(H,38,39)/t18-,22+,23-,24-,25-,26-,30-,31+/m0/s1. The Hall–Kier alpha value is -2.71. The molecule has 0 unspecified atom stereocenters. The van der Waals surface area contributed by atoms with Gasteiger partial charge in [0.2, 0.25) is 5.91 Å². The Morgan fingerprint density at radius 2 is 1.82 bits per heavy atom. The number of ketones is 1. The third-order valence-corrected chi connectivity index (χ3v) is 10.8. The minimum Gasteiger partial charge on any atom is -0.480 e. The summed E-state index contributed by atoms with van der Waals surface area (Å²) < 4.78 is 0. The SMILES string of the molecule is CCC[C@H](NC(=O)[C@H](C)NC(=O)CON=C1C=C2CC[C@@H]3[C@@H]4CC[C@@H](C(C)=O)[C@@]4(C)CC[C@@H]3[C@@]2(C)CC1)C(=O)O. The van der Waals surface area contributed by atoms with Crippen molar-refractivity contribution in [2.24, 2.45) is 39.7 Å². The zero-order valence-corrected chi connectivity index (χ0v) is 24.8. The Balaban J connectivity index is 1.31. The Labute approximate surface area is 237 Å². The van der Waals surface area contributed by atoms with Crippen LogP contribution in [0.2, 0.25) is 0 Å². The normalized spacial score (nSPS) is 35.3. The van der Waals surface area contributed by atoms with E-state index >= 15 is 0 Å². The molecular formula is C31H47N3O6. The summed E-state index contributed by atoms with van der Waals surface area (Å²) in [5, 5.41) is 18.5. The predicted octanol–water partition coefficient (Wildman–Crippen LogP) is 4.40. The number of nitrogens with zero attached hydrogens (tertiary/aromatic N) is 1. The highest BCUT2D eigenvalue weighted by molar-refractivity contribution is 5.96. The fourth-order valence-corrected chi connectivity index (χ4v) is 8.68. The van der Waals surface area contributed by atoms with E-state index in [1.54, 1.807) is 6.92 Å². The van der Waals surface area contributed by atoms with E-state index < -0.39 is 29.9 Å². The van der Waals surface area contributed by atoms with E-state index in [-0.39, 0.29) is 23.4 Å². The Kier molecular flexibility index (Phi) is 9.10. The van der Waals surface area contributed by atoms with Crippen LogP contribution < -0.4 is 10.6 Å². The minimum atomic E-state index is -1.10. The highest BCUT2D eigenvalue weighted by Gasteiger charge is 2.59. The maximum absolute atomic E-state index is 12.4. The van der Waals surface area contributed by atoms with Crippen LogP contribution in [0.1, 0.15) is 98.8 Å². The van der Waals surface area contributed by atoms with Gasteiger partial charge in [0.1, 0.15) is 17.9 Å². The number of amides is 2. The molecule has 0 radical (unpaired) electrons. The topological polar surface area (TPSA) is 134 Å². The number of fused-ring (bicyclic) bond motifs is 5. The van der Waals surface area contributed by atoms with Gasteiger partial charge in [-0.15, -0.1) is 0 Å². The van der Waals surface area contributed by atoms with Crippen molar-refractivity contribution in [3.05, 3.63) is 11.6 Å². The minimum absolute atomic E-state index is 0.142. The third-order valence-electron chi connectivity index (χ3n) is 10.8. The molecule has 4 aliphatic carbocycles. The summed E-state index contributed by atoms with van der Waals surface area (Å²) in [4.78, 5) is 53.7. The first kappa shape index (κ1) is 30.3. The molecule has 9 nitrogen and oxygen atoms in total. The number of carbonyl (C=O) groups is 4. The van der Waals surface area contributed by atoms with E-state index in [0.29, 0.717) is 36.4 Å². The molecule has 3 saturated carbocycles. The van der Waals surface area contributed by atoms with Crippen LogP contribution in [0.4, 0.5) is 0 Å². The summed E-state index contributed by atoms with van der Waals surface area (Å²) in [7, 11) is 0. The van der Waals surface area contributed by atoms with Gasteiger partial charge in [-0.3, -0.25) is 14.4 Å². The second-order valence-corrected chi connectivity index (χ2v) is 13.1. The lowest BCUT2D eigenvalue weighted by Gasteiger charge is -2.58. The largest absolute Gasteiger partial charge is 0.480 e. The molecule has 40 heavy (non-hydrogen) atoms. The quantitative estimate of drug-likeness (QED) is 0.341. The Bertz CT molecular complexity index is 1080. The van der Waals surface area contributed by atoms with Crippen LogP contribution in [-0.2, 0) is 24.0 Å². The molecule has 4 aliphatic rings. The number of carboxylic acid groups (broad SMARTS) is 1. The maximum Gasteiger partial charge on any atom is 0.326 e. The van der Waals surface area contributed by atoms with Crippen LogP contribution in [0.25, 0.3) is 0 Å². The van der Waals surface area contributed by atoms with Crippen molar-refractivity contribution in [2.75, 3.05) is 6.61 Å². The number of hydrogen-bond donors (Lipinski definition) is 3. The predicted molar refractivity (Wildman–Crippen MR) is 151 cm³/mol. The molecule has 4 rings (SSSR count). The zero-order valence-electron chi connectivity index (χ0n) is 24.8. The van der Waals surface area contributed by atoms with Crippen molar-refractivity contribution >= 4 is 29.3 Å². The molecule has 2 amide bonds. The van der Waals surface area contributed by atoms with Crippen LogP contribution in [0.3, 0.4) is 0 Å². The average Bonchev–Trinajstić information content (AvgIpc) is 3.26.